The van der Waals surface area contributed by atoms with Gasteiger partial charge in [0, 0.05) is 24.6 Å². The Labute approximate surface area is 173 Å². The Balaban J connectivity index is 1.39. The first-order chi connectivity index (χ1) is 14.3. The Kier molecular flexibility index (Phi) is 5.31. The van der Waals surface area contributed by atoms with E-state index in [9.17, 15) is 22.0 Å². The van der Waals surface area contributed by atoms with Crippen LogP contribution >= 0.6 is 0 Å². The maximum Gasteiger partial charge on any atom is 0.285 e. The van der Waals surface area contributed by atoms with Crippen LogP contribution in [0.3, 0.4) is 0 Å². The molecule has 1 saturated heterocycles. The van der Waals surface area contributed by atoms with Gasteiger partial charge in [0.05, 0.1) is 6.04 Å². The summed E-state index contributed by atoms with van der Waals surface area (Å²) in [4.78, 5) is 14.7. The zero-order valence-corrected chi connectivity index (χ0v) is 17.1. The SMILES string of the molecule is CC(NC(=O)C1CCN(C2=NS(=O)(=O)c3ccccc32)CC1)c1ccc(F)c(F)c1. The predicted molar refractivity (Wildman–Crippen MR) is 107 cm³/mol. The summed E-state index contributed by atoms with van der Waals surface area (Å²) in [6.45, 7) is 2.72. The number of hydrogen-bond acceptors (Lipinski definition) is 4. The number of nitrogens with one attached hydrogen (secondary N) is 1. The van der Waals surface area contributed by atoms with Crippen molar-refractivity contribution in [1.29, 1.82) is 0 Å². The van der Waals surface area contributed by atoms with Crippen molar-refractivity contribution in [2.75, 3.05) is 13.1 Å². The second kappa shape index (κ2) is 7.79. The Morgan fingerprint density at radius 1 is 1.13 bits per heavy atom. The third kappa shape index (κ3) is 3.81. The number of nitrogens with zero attached hydrogens (tertiary/aromatic N) is 2. The molecule has 1 N–H and O–H groups in total. The summed E-state index contributed by atoms with van der Waals surface area (Å²) in [6.07, 6.45) is 1.08. The minimum absolute atomic E-state index is 0.159. The second-order valence-corrected chi connectivity index (χ2v) is 9.12. The first kappa shape index (κ1) is 20.5. The highest BCUT2D eigenvalue weighted by molar-refractivity contribution is 7.90. The minimum atomic E-state index is -3.68. The fourth-order valence-electron chi connectivity index (χ4n) is 3.87. The van der Waals surface area contributed by atoms with Crippen molar-refractivity contribution in [2.45, 2.75) is 30.7 Å². The molecule has 0 spiro atoms. The molecule has 6 nitrogen and oxygen atoms in total. The van der Waals surface area contributed by atoms with E-state index in [1.54, 1.807) is 31.2 Å². The largest absolute Gasteiger partial charge is 0.355 e. The fourth-order valence-corrected chi connectivity index (χ4v) is 5.09. The summed E-state index contributed by atoms with van der Waals surface area (Å²) < 4.78 is 55.0. The molecule has 0 bridgehead atoms. The van der Waals surface area contributed by atoms with Crippen molar-refractivity contribution < 1.29 is 22.0 Å². The van der Waals surface area contributed by atoms with Gasteiger partial charge in [0.2, 0.25) is 5.91 Å². The molecule has 0 saturated carbocycles. The molecule has 1 amide bonds. The van der Waals surface area contributed by atoms with Gasteiger partial charge in [-0.25, -0.2) is 8.78 Å². The number of hydrogen-bond donors (Lipinski definition) is 1. The van der Waals surface area contributed by atoms with Crippen LogP contribution < -0.4 is 5.32 Å². The molecule has 30 heavy (non-hydrogen) atoms. The number of carbonyl (C=O) groups is 1. The maximum atomic E-state index is 13.4. The highest BCUT2D eigenvalue weighted by Gasteiger charge is 2.34. The Bertz CT molecular complexity index is 1130. The normalized spacial score (nSPS) is 19.2. The highest BCUT2D eigenvalue weighted by atomic mass is 32.2. The Hall–Kier alpha value is -2.81. The van der Waals surface area contributed by atoms with E-state index in [0.29, 0.717) is 42.9 Å². The Morgan fingerprint density at radius 3 is 2.53 bits per heavy atom. The molecule has 9 heteroatoms. The summed E-state index contributed by atoms with van der Waals surface area (Å²) in [5, 5.41) is 2.85. The van der Waals surface area contributed by atoms with Gasteiger partial charge in [-0.3, -0.25) is 4.79 Å². The lowest BCUT2D eigenvalue weighted by Gasteiger charge is -2.33. The molecule has 4 rings (SSSR count). The molecule has 2 aliphatic rings. The topological polar surface area (TPSA) is 78.8 Å². The van der Waals surface area contributed by atoms with Gasteiger partial charge in [0.15, 0.2) is 17.5 Å². The van der Waals surface area contributed by atoms with E-state index in [0.717, 1.165) is 12.1 Å². The van der Waals surface area contributed by atoms with Gasteiger partial charge in [0.25, 0.3) is 10.0 Å². The van der Waals surface area contributed by atoms with E-state index in [4.69, 9.17) is 0 Å². The average Bonchev–Trinajstić information content (AvgIpc) is 3.01. The van der Waals surface area contributed by atoms with Gasteiger partial charge in [-0.2, -0.15) is 8.42 Å². The van der Waals surface area contributed by atoms with Gasteiger partial charge < -0.3 is 10.2 Å². The van der Waals surface area contributed by atoms with E-state index in [1.807, 2.05) is 4.90 Å². The molecule has 1 atom stereocenters. The lowest BCUT2D eigenvalue weighted by Crippen LogP contribution is -2.43. The van der Waals surface area contributed by atoms with E-state index >= 15 is 0 Å². The molecule has 158 valence electrons. The number of amides is 1. The first-order valence-corrected chi connectivity index (χ1v) is 11.1. The molecule has 1 unspecified atom stereocenters. The number of likely N-dealkylation sites (tertiary alicyclic amines) is 1. The van der Waals surface area contributed by atoms with Crippen molar-refractivity contribution in [3.05, 3.63) is 65.2 Å². The third-order valence-electron chi connectivity index (χ3n) is 5.58. The maximum absolute atomic E-state index is 13.4. The second-order valence-electron chi connectivity index (χ2n) is 7.55. The van der Waals surface area contributed by atoms with E-state index in [-0.39, 0.29) is 16.7 Å². The lowest BCUT2D eigenvalue weighted by molar-refractivity contribution is -0.126. The van der Waals surface area contributed by atoms with Crippen LogP contribution in [0.15, 0.2) is 51.8 Å². The van der Waals surface area contributed by atoms with Crippen LogP contribution in [0, 0.1) is 17.6 Å². The number of rotatable bonds is 3. The summed E-state index contributed by atoms with van der Waals surface area (Å²) in [7, 11) is -3.68. The van der Waals surface area contributed by atoms with Crippen LogP contribution in [0.25, 0.3) is 0 Å². The van der Waals surface area contributed by atoms with Crippen LogP contribution in [0.5, 0.6) is 0 Å². The molecule has 0 radical (unpaired) electrons. The van der Waals surface area contributed by atoms with Crippen molar-refractivity contribution in [2.24, 2.45) is 10.3 Å². The lowest BCUT2D eigenvalue weighted by atomic mass is 9.94. The predicted octanol–water partition coefficient (Wildman–Crippen LogP) is 3.00. The summed E-state index contributed by atoms with van der Waals surface area (Å²) >= 11 is 0. The van der Waals surface area contributed by atoms with E-state index in [2.05, 4.69) is 9.71 Å². The smallest absolute Gasteiger partial charge is 0.285 e. The van der Waals surface area contributed by atoms with Crippen LogP contribution in [0.4, 0.5) is 8.78 Å². The minimum Gasteiger partial charge on any atom is -0.355 e. The molecule has 2 aromatic carbocycles. The van der Waals surface area contributed by atoms with Crippen LogP contribution in [0.1, 0.15) is 36.9 Å². The summed E-state index contributed by atoms with van der Waals surface area (Å²) in [6, 6.07) is 9.83. The van der Waals surface area contributed by atoms with Gasteiger partial charge in [0.1, 0.15) is 4.90 Å². The average molecular weight is 433 g/mol. The van der Waals surface area contributed by atoms with E-state index in [1.165, 1.54) is 6.07 Å². The van der Waals surface area contributed by atoms with Gasteiger partial charge in [-0.1, -0.05) is 18.2 Å². The quantitative estimate of drug-likeness (QED) is 0.807. The summed E-state index contributed by atoms with van der Waals surface area (Å²) in [5.41, 5.74) is 1.08. The Morgan fingerprint density at radius 2 is 1.83 bits per heavy atom. The van der Waals surface area contributed by atoms with Gasteiger partial charge in [-0.15, -0.1) is 4.40 Å². The number of carbonyl (C=O) groups excluding carboxylic acids is 1. The van der Waals surface area contributed by atoms with Gasteiger partial charge >= 0.3 is 0 Å². The van der Waals surface area contributed by atoms with E-state index < -0.39 is 27.7 Å². The number of halogens is 2. The standard InChI is InChI=1S/C21H21F2N3O3S/c1-13(15-6-7-17(22)18(23)12-15)24-21(27)14-8-10-26(11-9-14)20-16-4-2-3-5-19(16)30(28,29)25-20/h2-7,12-14H,8-11H2,1H3,(H,24,27). The van der Waals surface area contributed by atoms with Crippen LogP contribution in [-0.4, -0.2) is 38.2 Å². The first-order valence-electron chi connectivity index (χ1n) is 9.71. The van der Waals surface area contributed by atoms with Crippen LogP contribution in [0.2, 0.25) is 0 Å². The molecule has 1 fully saturated rings. The molecular weight excluding hydrogens is 412 g/mol. The zero-order chi connectivity index (χ0) is 21.5. The monoisotopic (exact) mass is 433 g/mol. The molecule has 2 aromatic rings. The van der Waals surface area contributed by atoms with Crippen molar-refractivity contribution >= 4 is 21.8 Å². The van der Waals surface area contributed by atoms with Crippen molar-refractivity contribution in [3.63, 3.8) is 0 Å². The number of sulfonamides is 1. The molecule has 2 aliphatic heterocycles. The van der Waals surface area contributed by atoms with Crippen molar-refractivity contribution in [3.8, 4) is 0 Å². The van der Waals surface area contributed by atoms with Crippen LogP contribution in [-0.2, 0) is 14.8 Å². The number of piperidine rings is 1. The fraction of sp³-hybridized carbons (Fsp3) is 0.333. The zero-order valence-electron chi connectivity index (χ0n) is 16.3. The number of fused-ring (bicyclic) bond motifs is 1. The number of benzene rings is 2. The van der Waals surface area contributed by atoms with Crippen molar-refractivity contribution in [1.82, 2.24) is 10.2 Å². The molecule has 0 aliphatic carbocycles. The van der Waals surface area contributed by atoms with Gasteiger partial charge in [-0.05, 0) is 49.6 Å². The number of amidine groups is 1. The molecule has 0 aromatic heterocycles. The molecule has 2 heterocycles. The highest BCUT2D eigenvalue weighted by Crippen LogP contribution is 2.30. The third-order valence-corrected chi connectivity index (χ3v) is 6.91. The summed E-state index contributed by atoms with van der Waals surface area (Å²) in [5.74, 6) is -1.85. The molecular formula is C21H21F2N3O3S.